The summed E-state index contributed by atoms with van der Waals surface area (Å²) in [5.74, 6) is 1.22. The summed E-state index contributed by atoms with van der Waals surface area (Å²) in [5, 5.41) is 7.59. The minimum atomic E-state index is 0.0201. The minimum absolute atomic E-state index is 0.0201. The van der Waals surface area contributed by atoms with Gasteiger partial charge in [-0.2, -0.15) is 0 Å². The molecule has 8 aromatic rings. The number of fused-ring (bicyclic) bond motifs is 6. The van der Waals surface area contributed by atoms with E-state index in [0.717, 1.165) is 5.75 Å². The Kier molecular flexibility index (Phi) is 6.82. The van der Waals surface area contributed by atoms with Crippen LogP contribution >= 0.6 is 0 Å². The fourth-order valence-corrected chi connectivity index (χ4v) is 8.76. The predicted octanol–water partition coefficient (Wildman–Crippen LogP) is 13.4. The molecule has 242 valence electrons. The second kappa shape index (κ2) is 11.7. The van der Waals surface area contributed by atoms with Gasteiger partial charge in [0.05, 0.1) is 0 Å². The molecule has 1 heteroatoms. The van der Waals surface area contributed by atoms with Gasteiger partial charge < -0.3 is 4.74 Å². The quantitative estimate of drug-likeness (QED) is 0.172. The Hall–Kier alpha value is -6.18. The van der Waals surface area contributed by atoms with Crippen LogP contribution in [-0.2, 0) is 0 Å². The van der Waals surface area contributed by atoms with Crippen molar-refractivity contribution in [1.29, 1.82) is 0 Å². The van der Waals surface area contributed by atoms with Crippen molar-refractivity contribution >= 4 is 32.3 Å². The number of benzene rings is 8. The molecule has 0 bridgehead atoms. The Balaban J connectivity index is 1.22. The van der Waals surface area contributed by atoms with Gasteiger partial charge in [0.1, 0.15) is 11.9 Å². The second-order valence-corrected chi connectivity index (χ2v) is 14.0. The number of ether oxygens (including phenoxy) is 1. The lowest BCUT2D eigenvalue weighted by atomic mass is 9.82. The first-order chi connectivity index (χ1) is 25.2. The molecule has 0 saturated carbocycles. The van der Waals surface area contributed by atoms with Crippen molar-refractivity contribution in [3.8, 4) is 50.3 Å². The Morgan fingerprint density at radius 1 is 0.451 bits per heavy atom. The maximum atomic E-state index is 6.75. The van der Waals surface area contributed by atoms with E-state index in [0.29, 0.717) is 0 Å². The molecule has 8 aromatic carbocycles. The highest BCUT2D eigenvalue weighted by Gasteiger charge is 2.36. The van der Waals surface area contributed by atoms with Crippen LogP contribution < -0.4 is 4.74 Å². The second-order valence-electron chi connectivity index (χ2n) is 14.0. The molecule has 0 radical (unpaired) electrons. The first-order valence-corrected chi connectivity index (χ1v) is 17.9. The smallest absolute Gasteiger partial charge is 0.132 e. The van der Waals surface area contributed by atoms with Crippen molar-refractivity contribution in [1.82, 2.24) is 0 Å². The molecule has 1 heterocycles. The van der Waals surface area contributed by atoms with Gasteiger partial charge in [0.25, 0.3) is 0 Å². The average molecular weight is 653 g/mol. The van der Waals surface area contributed by atoms with Gasteiger partial charge in [-0.1, -0.05) is 152 Å². The van der Waals surface area contributed by atoms with E-state index < -0.39 is 0 Å². The Morgan fingerprint density at radius 2 is 1.04 bits per heavy atom. The highest BCUT2D eigenvalue weighted by atomic mass is 16.5. The summed E-state index contributed by atoms with van der Waals surface area (Å²) >= 11 is 0. The number of allylic oxidation sites excluding steroid dienone is 2. The molecule has 0 aromatic heterocycles. The maximum Gasteiger partial charge on any atom is 0.132 e. The third-order valence-electron chi connectivity index (χ3n) is 11.1. The molecular formula is C50H36O. The number of hydrogen-bond acceptors (Lipinski definition) is 1. The summed E-state index contributed by atoms with van der Waals surface area (Å²) in [6, 6.07) is 53.6. The van der Waals surface area contributed by atoms with E-state index in [-0.39, 0.29) is 12.0 Å². The Morgan fingerprint density at radius 3 is 1.80 bits per heavy atom. The van der Waals surface area contributed by atoms with Crippen molar-refractivity contribution in [2.45, 2.75) is 25.9 Å². The van der Waals surface area contributed by atoms with Crippen LogP contribution in [-0.4, -0.2) is 6.10 Å². The zero-order valence-corrected chi connectivity index (χ0v) is 28.7. The molecule has 2 unspecified atom stereocenters. The number of aryl methyl sites for hydroxylation is 1. The van der Waals surface area contributed by atoms with E-state index in [9.17, 15) is 0 Å². The van der Waals surface area contributed by atoms with Gasteiger partial charge in [-0.05, 0) is 114 Å². The van der Waals surface area contributed by atoms with Crippen LogP contribution in [0.2, 0.25) is 0 Å². The van der Waals surface area contributed by atoms with Crippen molar-refractivity contribution in [3.05, 3.63) is 187 Å². The third kappa shape index (κ3) is 4.62. The zero-order chi connectivity index (χ0) is 34.1. The Bertz CT molecular complexity index is 2700. The van der Waals surface area contributed by atoms with Crippen LogP contribution in [0, 0.1) is 13.8 Å². The number of hydrogen-bond donors (Lipinski definition) is 0. The molecule has 0 N–H and O–H groups in total. The summed E-state index contributed by atoms with van der Waals surface area (Å²) in [5.41, 5.74) is 13.7. The molecule has 1 aliphatic heterocycles. The van der Waals surface area contributed by atoms with Gasteiger partial charge in [0.15, 0.2) is 0 Å². The molecular weight excluding hydrogens is 617 g/mol. The van der Waals surface area contributed by atoms with Gasteiger partial charge in [0.2, 0.25) is 0 Å². The summed E-state index contributed by atoms with van der Waals surface area (Å²) in [7, 11) is 0. The average Bonchev–Trinajstić information content (AvgIpc) is 3.55. The first kappa shape index (κ1) is 29.7. The fourth-order valence-electron chi connectivity index (χ4n) is 8.76. The molecule has 0 saturated heterocycles. The van der Waals surface area contributed by atoms with E-state index in [1.165, 1.54) is 93.5 Å². The molecule has 51 heavy (non-hydrogen) atoms. The number of rotatable bonds is 4. The maximum absolute atomic E-state index is 6.75. The van der Waals surface area contributed by atoms with Crippen molar-refractivity contribution in [3.63, 3.8) is 0 Å². The zero-order valence-electron chi connectivity index (χ0n) is 28.7. The highest BCUT2D eigenvalue weighted by Crippen LogP contribution is 2.52. The SMILES string of the molecule is Cc1ccccc1-c1c(C)c(-c2cccc(-c3c4ccccc4c(-c4cccc5ccccc45)c4ccccc34)c2)cc2c1OC1C=CC=CC21. The third-order valence-corrected chi connectivity index (χ3v) is 11.1. The largest absolute Gasteiger partial charge is 0.484 e. The first-order valence-electron chi connectivity index (χ1n) is 17.9. The van der Waals surface area contributed by atoms with E-state index in [2.05, 4.69) is 184 Å². The molecule has 10 rings (SSSR count). The lowest BCUT2D eigenvalue weighted by Gasteiger charge is -2.20. The van der Waals surface area contributed by atoms with Crippen LogP contribution in [0.1, 0.15) is 22.6 Å². The van der Waals surface area contributed by atoms with Crippen LogP contribution in [0.25, 0.3) is 76.8 Å². The van der Waals surface area contributed by atoms with Crippen LogP contribution in [0.4, 0.5) is 0 Å². The van der Waals surface area contributed by atoms with E-state index in [4.69, 9.17) is 4.74 Å². The van der Waals surface area contributed by atoms with Gasteiger partial charge >= 0.3 is 0 Å². The minimum Gasteiger partial charge on any atom is -0.484 e. The van der Waals surface area contributed by atoms with Crippen LogP contribution in [0.3, 0.4) is 0 Å². The summed E-state index contributed by atoms with van der Waals surface area (Å²) in [6.07, 6.45) is 8.78. The van der Waals surface area contributed by atoms with E-state index in [1.54, 1.807) is 0 Å². The molecule has 2 atom stereocenters. The monoisotopic (exact) mass is 652 g/mol. The van der Waals surface area contributed by atoms with E-state index >= 15 is 0 Å². The Labute approximate surface area is 298 Å². The molecule has 0 fully saturated rings. The van der Waals surface area contributed by atoms with E-state index in [1.807, 2.05) is 0 Å². The van der Waals surface area contributed by atoms with Gasteiger partial charge in [-0.25, -0.2) is 0 Å². The van der Waals surface area contributed by atoms with Crippen molar-refractivity contribution in [2.75, 3.05) is 0 Å². The van der Waals surface area contributed by atoms with Gasteiger partial charge in [-0.15, -0.1) is 0 Å². The predicted molar refractivity (Wildman–Crippen MR) is 216 cm³/mol. The normalized spacial score (nSPS) is 16.0. The summed E-state index contributed by atoms with van der Waals surface area (Å²) < 4.78 is 6.75. The highest BCUT2D eigenvalue weighted by molar-refractivity contribution is 6.23. The molecule has 0 amide bonds. The van der Waals surface area contributed by atoms with Crippen molar-refractivity contribution in [2.24, 2.45) is 0 Å². The molecule has 0 spiro atoms. The fraction of sp³-hybridized carbons (Fsp3) is 0.0800. The lowest BCUT2D eigenvalue weighted by Crippen LogP contribution is -2.15. The topological polar surface area (TPSA) is 9.23 Å². The summed E-state index contributed by atoms with van der Waals surface area (Å²) in [4.78, 5) is 0. The van der Waals surface area contributed by atoms with Crippen molar-refractivity contribution < 1.29 is 4.74 Å². The van der Waals surface area contributed by atoms with Crippen LogP contribution in [0.15, 0.2) is 170 Å². The molecule has 1 nitrogen and oxygen atoms in total. The van der Waals surface area contributed by atoms with Gasteiger partial charge in [-0.3, -0.25) is 0 Å². The molecule has 2 aliphatic rings. The standard InChI is InChI=1S/C50H36O/c1-31-15-3-5-20-36(31)47-32(2)44(30-45-38-22-11-12-28-46(38)51-50(45)47)34-18-13-19-35(29-34)48-40-23-7-9-25-42(40)49(43-26-10-8-24-41(43)48)39-27-14-17-33-16-4-6-21-37(33)39/h3-30,38,46H,1-2H3. The van der Waals surface area contributed by atoms with Gasteiger partial charge in [0, 0.05) is 17.0 Å². The summed E-state index contributed by atoms with van der Waals surface area (Å²) in [6.45, 7) is 4.47. The lowest BCUT2D eigenvalue weighted by molar-refractivity contribution is 0.269. The molecule has 1 aliphatic carbocycles. The van der Waals surface area contributed by atoms with Crippen LogP contribution in [0.5, 0.6) is 5.75 Å².